The van der Waals surface area contributed by atoms with Crippen molar-refractivity contribution in [1.29, 1.82) is 0 Å². The van der Waals surface area contributed by atoms with E-state index in [2.05, 4.69) is 5.10 Å². The van der Waals surface area contributed by atoms with E-state index in [1.807, 2.05) is 0 Å². The van der Waals surface area contributed by atoms with Crippen molar-refractivity contribution in [2.75, 3.05) is 12.8 Å². The largest absolute Gasteiger partial charge is 0.491 e. The Kier molecular flexibility index (Phi) is 1.30. The molecule has 9 heavy (non-hydrogen) atoms. The molecule has 0 radical (unpaired) electrons. The molecule has 1 heterocycles. The fourth-order valence-electron chi connectivity index (χ4n) is 0.584. The summed E-state index contributed by atoms with van der Waals surface area (Å²) >= 11 is 0. The number of anilines is 1. The van der Waals surface area contributed by atoms with Crippen molar-refractivity contribution in [3.63, 3.8) is 0 Å². The van der Waals surface area contributed by atoms with Gasteiger partial charge < -0.3 is 10.5 Å². The number of aromatic nitrogens is 2. The van der Waals surface area contributed by atoms with E-state index < -0.39 is 0 Å². The van der Waals surface area contributed by atoms with E-state index in [0.717, 1.165) is 0 Å². The van der Waals surface area contributed by atoms with E-state index in [4.69, 9.17) is 10.5 Å². The molecular formula is C5H9N3O. The first-order chi connectivity index (χ1) is 4.25. The second-order valence-electron chi connectivity index (χ2n) is 1.72. The Balaban J connectivity index is 3.04. The van der Waals surface area contributed by atoms with Crippen LogP contribution in [0.15, 0.2) is 6.20 Å². The first kappa shape index (κ1) is 5.94. The molecule has 0 aliphatic rings. The molecule has 0 saturated heterocycles. The van der Waals surface area contributed by atoms with E-state index in [1.165, 1.54) is 0 Å². The molecule has 0 saturated carbocycles. The maximum atomic E-state index is 5.49. The summed E-state index contributed by atoms with van der Waals surface area (Å²) in [4.78, 5) is 0. The van der Waals surface area contributed by atoms with Crippen molar-refractivity contribution in [1.82, 2.24) is 9.78 Å². The van der Waals surface area contributed by atoms with Crippen LogP contribution in [-0.4, -0.2) is 16.9 Å². The van der Waals surface area contributed by atoms with Crippen LogP contribution in [0.5, 0.6) is 5.75 Å². The van der Waals surface area contributed by atoms with Gasteiger partial charge >= 0.3 is 0 Å². The molecule has 0 spiro atoms. The van der Waals surface area contributed by atoms with Crippen molar-refractivity contribution < 1.29 is 4.74 Å². The number of rotatable bonds is 1. The SMILES string of the molecule is COc1cnn(C)c1N. The van der Waals surface area contributed by atoms with E-state index in [-0.39, 0.29) is 0 Å². The van der Waals surface area contributed by atoms with Gasteiger partial charge in [-0.2, -0.15) is 5.10 Å². The Morgan fingerprint density at radius 2 is 2.44 bits per heavy atom. The minimum absolute atomic E-state index is 0.553. The first-order valence-electron chi connectivity index (χ1n) is 2.57. The molecule has 0 amide bonds. The highest BCUT2D eigenvalue weighted by Gasteiger charge is 2.01. The summed E-state index contributed by atoms with van der Waals surface area (Å²) in [6.07, 6.45) is 1.58. The third-order valence-electron chi connectivity index (χ3n) is 1.17. The highest BCUT2D eigenvalue weighted by molar-refractivity contribution is 5.44. The monoisotopic (exact) mass is 127 g/mol. The number of nitrogen functional groups attached to an aromatic ring is 1. The second kappa shape index (κ2) is 1.97. The van der Waals surface area contributed by atoms with Gasteiger partial charge in [-0.15, -0.1) is 0 Å². The van der Waals surface area contributed by atoms with Crippen molar-refractivity contribution in [3.8, 4) is 5.75 Å². The van der Waals surface area contributed by atoms with E-state index >= 15 is 0 Å². The molecule has 4 heteroatoms. The number of hydrogen-bond acceptors (Lipinski definition) is 3. The molecule has 1 rings (SSSR count). The molecule has 1 aromatic rings. The second-order valence-corrected chi connectivity index (χ2v) is 1.72. The lowest BCUT2D eigenvalue weighted by Crippen LogP contribution is -1.98. The topological polar surface area (TPSA) is 53.1 Å². The third kappa shape index (κ3) is 0.826. The average Bonchev–Trinajstić information content (AvgIpc) is 2.15. The summed E-state index contributed by atoms with van der Waals surface area (Å²) in [5.41, 5.74) is 5.49. The van der Waals surface area contributed by atoms with Gasteiger partial charge in [0.15, 0.2) is 11.6 Å². The van der Waals surface area contributed by atoms with Crippen LogP contribution in [0.3, 0.4) is 0 Å². The molecule has 0 aliphatic heterocycles. The van der Waals surface area contributed by atoms with Crippen LogP contribution in [-0.2, 0) is 7.05 Å². The van der Waals surface area contributed by atoms with Crippen molar-refractivity contribution >= 4 is 5.82 Å². The van der Waals surface area contributed by atoms with Crippen LogP contribution >= 0.6 is 0 Å². The van der Waals surface area contributed by atoms with Crippen molar-refractivity contribution in [3.05, 3.63) is 6.20 Å². The van der Waals surface area contributed by atoms with Crippen LogP contribution in [0.4, 0.5) is 5.82 Å². The highest BCUT2D eigenvalue weighted by Crippen LogP contribution is 2.17. The van der Waals surface area contributed by atoms with E-state index in [9.17, 15) is 0 Å². The first-order valence-corrected chi connectivity index (χ1v) is 2.57. The van der Waals surface area contributed by atoms with Crippen LogP contribution in [0.1, 0.15) is 0 Å². The lowest BCUT2D eigenvalue weighted by atomic mass is 10.6. The maximum absolute atomic E-state index is 5.49. The van der Waals surface area contributed by atoms with Gasteiger partial charge in [-0.1, -0.05) is 0 Å². The summed E-state index contributed by atoms with van der Waals surface area (Å²) in [5.74, 6) is 1.18. The number of nitrogens with two attached hydrogens (primary N) is 1. The molecule has 4 nitrogen and oxygen atoms in total. The molecule has 1 aromatic heterocycles. The summed E-state index contributed by atoms with van der Waals surface area (Å²) in [6.45, 7) is 0. The molecule has 0 aromatic carbocycles. The number of nitrogens with zero attached hydrogens (tertiary/aromatic N) is 2. The van der Waals surface area contributed by atoms with E-state index in [0.29, 0.717) is 11.6 Å². The number of ether oxygens (including phenoxy) is 1. The van der Waals surface area contributed by atoms with Gasteiger partial charge in [-0.25, -0.2) is 4.68 Å². The normalized spacial score (nSPS) is 9.56. The number of aryl methyl sites for hydroxylation is 1. The van der Waals surface area contributed by atoms with Gasteiger partial charge in [0.25, 0.3) is 0 Å². The van der Waals surface area contributed by atoms with Gasteiger partial charge in [0.2, 0.25) is 0 Å². The summed E-state index contributed by atoms with van der Waals surface area (Å²) < 4.78 is 6.41. The molecule has 0 unspecified atom stereocenters. The fraction of sp³-hybridized carbons (Fsp3) is 0.400. The van der Waals surface area contributed by atoms with Crippen LogP contribution in [0.2, 0.25) is 0 Å². The Hall–Kier alpha value is -1.19. The van der Waals surface area contributed by atoms with Crippen molar-refractivity contribution in [2.24, 2.45) is 7.05 Å². The molecule has 2 N–H and O–H groups in total. The predicted molar refractivity (Wildman–Crippen MR) is 34.2 cm³/mol. The zero-order chi connectivity index (χ0) is 6.85. The number of hydrogen-bond donors (Lipinski definition) is 1. The maximum Gasteiger partial charge on any atom is 0.180 e. The smallest absolute Gasteiger partial charge is 0.180 e. The van der Waals surface area contributed by atoms with Gasteiger partial charge in [0.1, 0.15) is 0 Å². The molecule has 0 atom stereocenters. The third-order valence-corrected chi connectivity index (χ3v) is 1.17. The molecule has 50 valence electrons. The number of methoxy groups -OCH3 is 1. The summed E-state index contributed by atoms with van der Waals surface area (Å²) in [6, 6.07) is 0. The Morgan fingerprint density at radius 1 is 1.78 bits per heavy atom. The van der Waals surface area contributed by atoms with Crippen LogP contribution in [0, 0.1) is 0 Å². The Bertz CT molecular complexity index is 206. The Labute approximate surface area is 53.2 Å². The van der Waals surface area contributed by atoms with Gasteiger partial charge in [0.05, 0.1) is 13.3 Å². The minimum atomic E-state index is 0.553. The standard InChI is InChI=1S/C5H9N3O/c1-8-5(6)4(9-2)3-7-8/h3H,6H2,1-2H3. The lowest BCUT2D eigenvalue weighted by molar-refractivity contribution is 0.416. The predicted octanol–water partition coefficient (Wildman–Crippen LogP) is 0.0109. The van der Waals surface area contributed by atoms with E-state index in [1.54, 1.807) is 25.0 Å². The van der Waals surface area contributed by atoms with Crippen molar-refractivity contribution in [2.45, 2.75) is 0 Å². The molecule has 0 bridgehead atoms. The minimum Gasteiger partial charge on any atom is -0.491 e. The zero-order valence-electron chi connectivity index (χ0n) is 5.46. The quantitative estimate of drug-likeness (QED) is 0.578. The van der Waals surface area contributed by atoms with Gasteiger partial charge in [-0.3, -0.25) is 0 Å². The molecular weight excluding hydrogens is 118 g/mol. The van der Waals surface area contributed by atoms with Gasteiger partial charge in [-0.05, 0) is 0 Å². The van der Waals surface area contributed by atoms with Crippen LogP contribution in [0.25, 0.3) is 0 Å². The Morgan fingerprint density at radius 3 is 2.67 bits per heavy atom. The van der Waals surface area contributed by atoms with Crippen LogP contribution < -0.4 is 10.5 Å². The highest BCUT2D eigenvalue weighted by atomic mass is 16.5. The summed E-state index contributed by atoms with van der Waals surface area (Å²) in [7, 11) is 3.32. The average molecular weight is 127 g/mol. The lowest BCUT2D eigenvalue weighted by Gasteiger charge is -1.95. The zero-order valence-corrected chi connectivity index (χ0v) is 5.46. The molecule has 0 fully saturated rings. The molecule has 0 aliphatic carbocycles. The summed E-state index contributed by atoms with van der Waals surface area (Å²) in [5, 5.41) is 3.85. The fourth-order valence-corrected chi connectivity index (χ4v) is 0.584. The van der Waals surface area contributed by atoms with Gasteiger partial charge in [0, 0.05) is 7.05 Å².